The second-order valence-electron chi connectivity index (χ2n) is 8.84. The van der Waals surface area contributed by atoms with Gasteiger partial charge >= 0.3 is 5.97 Å². The minimum absolute atomic E-state index is 0.130. The summed E-state index contributed by atoms with van der Waals surface area (Å²) in [7, 11) is 1.67. The van der Waals surface area contributed by atoms with E-state index in [2.05, 4.69) is 36.1 Å². The number of hydrogen-bond donors (Lipinski definition) is 2. The molecule has 0 spiro atoms. The smallest absolute Gasteiger partial charge is 0.333 e. The zero-order chi connectivity index (χ0) is 25.3. The van der Waals surface area contributed by atoms with Crippen LogP contribution in [0.4, 0.5) is 0 Å². The number of ether oxygens (including phenoxy) is 1. The zero-order valence-corrected chi connectivity index (χ0v) is 22.4. The minimum Gasteiger partial charge on any atom is -0.463 e. The maximum atomic E-state index is 13.0. The molecule has 1 saturated heterocycles. The molecule has 0 bridgehead atoms. The standard InChI is InChI=1S/C20H35N3O4.C3H8.CH3Cl/c1-7-27-19(26)14(2)11-13-23(6)18(25)16(20(3,4)5)22-17(24)15-10-8-9-12-21-15;1-3-2;1-2/h11,15-16,21H,7-10,12-13H2,1-6H3,(H,22,24);3H2,1-2H3;1H3/b14-11+;;. The number of alkyl halides is 1. The van der Waals surface area contributed by atoms with E-state index < -0.39 is 11.5 Å². The molecular weight excluding hydrogens is 430 g/mol. The molecule has 2 unspecified atom stereocenters. The third-order valence-electron chi connectivity index (χ3n) is 4.67. The molecule has 7 nitrogen and oxygen atoms in total. The number of hydrogen-bond acceptors (Lipinski definition) is 5. The molecule has 0 aromatic rings. The van der Waals surface area contributed by atoms with Crippen molar-refractivity contribution in [2.75, 3.05) is 33.1 Å². The Labute approximate surface area is 200 Å². The number of nitrogens with one attached hydrogen (secondary N) is 2. The van der Waals surface area contributed by atoms with Gasteiger partial charge in [-0.25, -0.2) is 4.79 Å². The Kier molecular flexibility index (Phi) is 18.2. The number of carbonyl (C=O) groups is 3. The Balaban J connectivity index is 0. The Morgan fingerprint density at radius 3 is 2.19 bits per heavy atom. The van der Waals surface area contributed by atoms with Gasteiger partial charge in [0.15, 0.2) is 0 Å². The van der Waals surface area contributed by atoms with Gasteiger partial charge in [-0.05, 0) is 38.6 Å². The molecule has 0 aliphatic carbocycles. The van der Waals surface area contributed by atoms with Gasteiger partial charge < -0.3 is 20.3 Å². The second-order valence-corrected chi connectivity index (χ2v) is 8.84. The van der Waals surface area contributed by atoms with Crippen LogP contribution in [0.5, 0.6) is 0 Å². The van der Waals surface area contributed by atoms with E-state index in [1.165, 1.54) is 17.7 Å². The van der Waals surface area contributed by atoms with Crippen molar-refractivity contribution < 1.29 is 19.1 Å². The van der Waals surface area contributed by atoms with Gasteiger partial charge in [0.05, 0.1) is 12.6 Å². The van der Waals surface area contributed by atoms with Crippen LogP contribution in [0.15, 0.2) is 11.6 Å². The zero-order valence-electron chi connectivity index (χ0n) is 21.6. The van der Waals surface area contributed by atoms with Gasteiger partial charge in [0.1, 0.15) is 6.04 Å². The average Bonchev–Trinajstić information content (AvgIpc) is 2.76. The van der Waals surface area contributed by atoms with E-state index in [0.717, 1.165) is 25.8 Å². The summed E-state index contributed by atoms with van der Waals surface area (Å²) in [6.45, 7) is 14.9. The van der Waals surface area contributed by atoms with Crippen molar-refractivity contribution in [3.63, 3.8) is 0 Å². The minimum atomic E-state index is -0.643. The van der Waals surface area contributed by atoms with Crippen LogP contribution >= 0.6 is 11.6 Å². The molecule has 1 rings (SSSR count). The van der Waals surface area contributed by atoms with E-state index in [4.69, 9.17) is 4.74 Å². The van der Waals surface area contributed by atoms with Gasteiger partial charge in [0.2, 0.25) is 11.8 Å². The normalized spacial score (nSPS) is 16.9. The van der Waals surface area contributed by atoms with Crippen molar-refractivity contribution >= 4 is 29.4 Å². The van der Waals surface area contributed by atoms with Crippen LogP contribution in [0, 0.1) is 5.41 Å². The molecule has 188 valence electrons. The first-order valence-corrected chi connectivity index (χ1v) is 12.2. The SMILES string of the molecule is CCC.CCOC(=O)/C(C)=C/CN(C)C(=O)C(NC(=O)C1CCCCN1)C(C)(C)C.CCl. The Morgan fingerprint density at radius 1 is 1.19 bits per heavy atom. The van der Waals surface area contributed by atoms with Crippen LogP contribution in [-0.4, -0.2) is 67.9 Å². The topological polar surface area (TPSA) is 87.7 Å². The summed E-state index contributed by atoms with van der Waals surface area (Å²) in [6, 6.07) is -0.886. The molecule has 0 radical (unpaired) electrons. The summed E-state index contributed by atoms with van der Waals surface area (Å²) in [6.07, 6.45) is 7.26. The third kappa shape index (κ3) is 13.1. The molecule has 2 amide bonds. The van der Waals surface area contributed by atoms with Gasteiger partial charge in [-0.1, -0.05) is 53.5 Å². The predicted octanol–water partition coefficient (Wildman–Crippen LogP) is 3.90. The van der Waals surface area contributed by atoms with Crippen molar-refractivity contribution in [1.29, 1.82) is 0 Å². The average molecular weight is 476 g/mol. The highest BCUT2D eigenvalue weighted by atomic mass is 35.5. The van der Waals surface area contributed by atoms with Crippen LogP contribution in [0.1, 0.15) is 74.1 Å². The summed E-state index contributed by atoms with van der Waals surface area (Å²) in [5.41, 5.74) is 0.0227. The fraction of sp³-hybridized carbons (Fsp3) is 0.792. The molecule has 0 saturated carbocycles. The largest absolute Gasteiger partial charge is 0.463 e. The van der Waals surface area contributed by atoms with Gasteiger partial charge in [-0.2, -0.15) is 0 Å². The van der Waals surface area contributed by atoms with E-state index in [0.29, 0.717) is 12.2 Å². The van der Waals surface area contributed by atoms with Gasteiger partial charge in [-0.3, -0.25) is 9.59 Å². The summed E-state index contributed by atoms with van der Waals surface area (Å²) < 4.78 is 4.94. The molecular formula is C24H46ClN3O4. The van der Waals surface area contributed by atoms with Crippen molar-refractivity contribution in [2.24, 2.45) is 5.41 Å². The quantitative estimate of drug-likeness (QED) is 0.331. The number of nitrogens with zero attached hydrogens (tertiary/aromatic N) is 1. The van der Waals surface area contributed by atoms with Crippen LogP contribution in [0.25, 0.3) is 0 Å². The highest BCUT2D eigenvalue weighted by Gasteiger charge is 2.36. The fourth-order valence-corrected chi connectivity index (χ4v) is 2.88. The molecule has 1 aliphatic heterocycles. The van der Waals surface area contributed by atoms with E-state index in [1.807, 2.05) is 20.8 Å². The van der Waals surface area contributed by atoms with Gasteiger partial charge in [0.25, 0.3) is 0 Å². The van der Waals surface area contributed by atoms with Gasteiger partial charge in [-0.15, -0.1) is 11.6 Å². The highest BCUT2D eigenvalue weighted by molar-refractivity contribution is 6.15. The molecule has 1 aliphatic rings. The van der Waals surface area contributed by atoms with E-state index >= 15 is 0 Å². The highest BCUT2D eigenvalue weighted by Crippen LogP contribution is 2.21. The van der Waals surface area contributed by atoms with Crippen LogP contribution in [-0.2, 0) is 19.1 Å². The fourth-order valence-electron chi connectivity index (χ4n) is 2.88. The van der Waals surface area contributed by atoms with Crippen molar-refractivity contribution in [3.05, 3.63) is 11.6 Å². The number of esters is 1. The number of amides is 2. The van der Waals surface area contributed by atoms with Crippen molar-refractivity contribution in [1.82, 2.24) is 15.5 Å². The molecule has 1 heterocycles. The number of carbonyl (C=O) groups excluding carboxylic acids is 3. The number of rotatable bonds is 7. The molecule has 2 N–H and O–H groups in total. The first-order valence-electron chi connectivity index (χ1n) is 11.5. The van der Waals surface area contributed by atoms with Crippen molar-refractivity contribution in [3.8, 4) is 0 Å². The Bertz CT molecular complexity index is 582. The first-order chi connectivity index (χ1) is 15.0. The summed E-state index contributed by atoms with van der Waals surface area (Å²) in [5.74, 6) is -0.698. The summed E-state index contributed by atoms with van der Waals surface area (Å²) in [5, 5.41) is 6.14. The molecule has 2 atom stereocenters. The third-order valence-corrected chi connectivity index (χ3v) is 4.67. The monoisotopic (exact) mass is 475 g/mol. The Hall–Kier alpha value is -1.60. The number of piperidine rings is 1. The molecule has 1 fully saturated rings. The summed E-state index contributed by atoms with van der Waals surface area (Å²) >= 11 is 4.64. The van der Waals surface area contributed by atoms with Crippen LogP contribution in [0.3, 0.4) is 0 Å². The first kappa shape index (κ1) is 32.6. The van der Waals surface area contributed by atoms with E-state index in [9.17, 15) is 14.4 Å². The lowest BCUT2D eigenvalue weighted by Crippen LogP contribution is -2.58. The maximum Gasteiger partial charge on any atom is 0.333 e. The number of halogens is 1. The maximum absolute atomic E-state index is 13.0. The predicted molar refractivity (Wildman–Crippen MR) is 133 cm³/mol. The molecule has 0 aromatic heterocycles. The van der Waals surface area contributed by atoms with Crippen LogP contribution in [0.2, 0.25) is 0 Å². The number of likely N-dealkylation sites (N-methyl/N-ethyl adjacent to an activating group) is 1. The van der Waals surface area contributed by atoms with E-state index in [1.54, 1.807) is 27.0 Å². The lowest BCUT2D eigenvalue weighted by molar-refractivity contribution is -0.139. The van der Waals surface area contributed by atoms with Crippen LogP contribution < -0.4 is 10.6 Å². The molecule has 8 heteroatoms. The Morgan fingerprint density at radius 2 is 1.75 bits per heavy atom. The molecule has 32 heavy (non-hydrogen) atoms. The second kappa shape index (κ2) is 17.9. The molecule has 0 aromatic carbocycles. The lowest BCUT2D eigenvalue weighted by Gasteiger charge is -2.35. The summed E-state index contributed by atoms with van der Waals surface area (Å²) in [4.78, 5) is 38.8. The van der Waals surface area contributed by atoms with Crippen molar-refractivity contribution in [2.45, 2.75) is 86.2 Å². The van der Waals surface area contributed by atoms with E-state index in [-0.39, 0.29) is 30.4 Å². The van der Waals surface area contributed by atoms with Gasteiger partial charge in [0, 0.05) is 25.5 Å². The lowest BCUT2D eigenvalue weighted by atomic mass is 9.85.